The lowest BCUT2D eigenvalue weighted by Gasteiger charge is -2.11. The highest BCUT2D eigenvalue weighted by Crippen LogP contribution is 2.41. The number of fused-ring (bicyclic) bond motifs is 6. The van der Waals surface area contributed by atoms with Crippen LogP contribution in [0.4, 0.5) is 0 Å². The SMILES string of the molecule is c1ccc(-c2ccc(-c3nc(-c4ccccc4)nc(-c4cc(-c5ccc6c(c5)oc5ccccc56)c5oc6ccccc6c5c4)n3)cc2)cc1. The van der Waals surface area contributed by atoms with E-state index in [1.807, 2.05) is 72.8 Å². The Morgan fingerprint density at radius 3 is 1.48 bits per heavy atom. The molecule has 0 saturated carbocycles. The Labute approximate surface area is 287 Å². The van der Waals surface area contributed by atoms with Crippen LogP contribution in [-0.2, 0) is 0 Å². The maximum atomic E-state index is 6.55. The molecular formula is C45H27N3O2. The van der Waals surface area contributed by atoms with Gasteiger partial charge in [-0.05, 0) is 53.1 Å². The summed E-state index contributed by atoms with van der Waals surface area (Å²) >= 11 is 0. The van der Waals surface area contributed by atoms with Crippen molar-refractivity contribution in [3.63, 3.8) is 0 Å². The van der Waals surface area contributed by atoms with Crippen molar-refractivity contribution in [2.45, 2.75) is 0 Å². The van der Waals surface area contributed by atoms with Crippen molar-refractivity contribution in [2.75, 3.05) is 0 Å². The molecule has 5 heteroatoms. The first-order chi connectivity index (χ1) is 24.7. The van der Waals surface area contributed by atoms with Crippen molar-refractivity contribution in [3.8, 4) is 56.4 Å². The Morgan fingerprint density at radius 1 is 0.300 bits per heavy atom. The predicted molar refractivity (Wildman–Crippen MR) is 202 cm³/mol. The molecule has 10 rings (SSSR count). The first-order valence-corrected chi connectivity index (χ1v) is 16.6. The van der Waals surface area contributed by atoms with Crippen molar-refractivity contribution in [1.82, 2.24) is 15.0 Å². The number of hydrogen-bond acceptors (Lipinski definition) is 5. The summed E-state index contributed by atoms with van der Waals surface area (Å²) in [4.78, 5) is 15.2. The van der Waals surface area contributed by atoms with Gasteiger partial charge in [-0.1, -0.05) is 127 Å². The van der Waals surface area contributed by atoms with Crippen LogP contribution in [0.1, 0.15) is 0 Å². The quantitative estimate of drug-likeness (QED) is 0.187. The highest BCUT2D eigenvalue weighted by molar-refractivity contribution is 6.12. The van der Waals surface area contributed by atoms with Crippen molar-refractivity contribution in [1.29, 1.82) is 0 Å². The smallest absolute Gasteiger partial charge is 0.164 e. The van der Waals surface area contributed by atoms with Gasteiger partial charge in [0.1, 0.15) is 22.3 Å². The standard InChI is InChI=1S/C45H27N3O2/c1-3-11-28(12-4-1)29-19-21-31(22-20-29)44-46-43(30-13-5-2-6-14-30)47-45(48-44)33-25-37(42-38(26-33)35-16-8-10-18-40(35)50-42)32-23-24-36-34-15-7-9-17-39(34)49-41(36)27-32/h1-27H. The summed E-state index contributed by atoms with van der Waals surface area (Å²) in [6.07, 6.45) is 0. The van der Waals surface area contributed by atoms with Gasteiger partial charge in [0.05, 0.1) is 0 Å². The average Bonchev–Trinajstić information content (AvgIpc) is 3.76. The highest BCUT2D eigenvalue weighted by Gasteiger charge is 2.19. The lowest BCUT2D eigenvalue weighted by molar-refractivity contribution is 0.668. The third-order valence-corrected chi connectivity index (χ3v) is 9.34. The molecule has 0 bridgehead atoms. The molecule has 5 nitrogen and oxygen atoms in total. The van der Waals surface area contributed by atoms with Crippen LogP contribution in [0.15, 0.2) is 173 Å². The second-order valence-electron chi connectivity index (χ2n) is 12.4. The van der Waals surface area contributed by atoms with Gasteiger partial charge in [0.15, 0.2) is 17.5 Å². The molecule has 0 radical (unpaired) electrons. The van der Waals surface area contributed by atoms with Gasteiger partial charge in [0.25, 0.3) is 0 Å². The van der Waals surface area contributed by atoms with E-state index < -0.39 is 0 Å². The highest BCUT2D eigenvalue weighted by atomic mass is 16.3. The number of nitrogens with zero attached hydrogens (tertiary/aromatic N) is 3. The Hall–Kier alpha value is -6.85. The normalized spacial score (nSPS) is 11.6. The zero-order valence-corrected chi connectivity index (χ0v) is 26.7. The molecule has 3 aromatic heterocycles. The van der Waals surface area contributed by atoms with Crippen LogP contribution < -0.4 is 0 Å². The zero-order valence-electron chi connectivity index (χ0n) is 26.7. The summed E-state index contributed by atoms with van der Waals surface area (Å²) in [5, 5.41) is 4.20. The lowest BCUT2D eigenvalue weighted by Crippen LogP contribution is -2.00. The maximum absolute atomic E-state index is 6.55. The number of furan rings is 2. The largest absolute Gasteiger partial charge is 0.456 e. The minimum Gasteiger partial charge on any atom is -0.456 e. The summed E-state index contributed by atoms with van der Waals surface area (Å²) in [6.45, 7) is 0. The average molecular weight is 642 g/mol. The topological polar surface area (TPSA) is 65.0 Å². The predicted octanol–water partition coefficient (Wildman–Crippen LogP) is 12.0. The van der Waals surface area contributed by atoms with Gasteiger partial charge in [-0.3, -0.25) is 0 Å². The van der Waals surface area contributed by atoms with Crippen LogP contribution in [-0.4, -0.2) is 15.0 Å². The summed E-state index contributed by atoms with van der Waals surface area (Å²) in [5.41, 5.74) is 10.2. The molecule has 0 unspecified atom stereocenters. The molecular weight excluding hydrogens is 615 g/mol. The second-order valence-corrected chi connectivity index (χ2v) is 12.4. The maximum Gasteiger partial charge on any atom is 0.164 e. The van der Waals surface area contributed by atoms with Gasteiger partial charge in [0, 0.05) is 43.8 Å². The van der Waals surface area contributed by atoms with E-state index >= 15 is 0 Å². The number of para-hydroxylation sites is 2. The number of rotatable bonds is 5. The molecule has 0 spiro atoms. The minimum atomic E-state index is 0.583. The Bertz CT molecular complexity index is 2850. The van der Waals surface area contributed by atoms with E-state index in [1.54, 1.807) is 0 Å². The first-order valence-electron chi connectivity index (χ1n) is 16.6. The molecule has 0 atom stereocenters. The molecule has 0 fully saturated rings. The van der Waals surface area contributed by atoms with Gasteiger partial charge in [-0.15, -0.1) is 0 Å². The monoisotopic (exact) mass is 641 g/mol. The van der Waals surface area contributed by atoms with E-state index in [2.05, 4.69) is 91.0 Å². The number of aromatic nitrogens is 3. The van der Waals surface area contributed by atoms with E-state index in [9.17, 15) is 0 Å². The van der Waals surface area contributed by atoms with Crippen LogP contribution in [0.25, 0.3) is 100 Å². The Balaban J connectivity index is 1.19. The fraction of sp³-hybridized carbons (Fsp3) is 0. The second kappa shape index (κ2) is 11.4. The van der Waals surface area contributed by atoms with Gasteiger partial charge >= 0.3 is 0 Å². The molecule has 0 amide bonds. The van der Waals surface area contributed by atoms with Crippen LogP contribution in [0.3, 0.4) is 0 Å². The van der Waals surface area contributed by atoms with Gasteiger partial charge in [-0.2, -0.15) is 0 Å². The van der Waals surface area contributed by atoms with Crippen LogP contribution in [0, 0.1) is 0 Å². The molecule has 0 saturated heterocycles. The summed E-state index contributed by atoms with van der Waals surface area (Å²) in [5.74, 6) is 1.80. The van der Waals surface area contributed by atoms with Crippen molar-refractivity contribution in [3.05, 3.63) is 164 Å². The summed E-state index contributed by atoms with van der Waals surface area (Å²) < 4.78 is 12.9. The van der Waals surface area contributed by atoms with Crippen LogP contribution in [0.2, 0.25) is 0 Å². The zero-order chi connectivity index (χ0) is 33.0. The van der Waals surface area contributed by atoms with Crippen LogP contribution >= 0.6 is 0 Å². The van der Waals surface area contributed by atoms with Gasteiger partial charge < -0.3 is 8.83 Å². The van der Waals surface area contributed by atoms with Crippen LogP contribution in [0.5, 0.6) is 0 Å². The third-order valence-electron chi connectivity index (χ3n) is 9.34. The van der Waals surface area contributed by atoms with Crippen molar-refractivity contribution >= 4 is 43.9 Å². The molecule has 7 aromatic carbocycles. The van der Waals surface area contributed by atoms with E-state index in [0.717, 1.165) is 82.8 Å². The van der Waals surface area contributed by atoms with E-state index in [-0.39, 0.29) is 0 Å². The first kappa shape index (κ1) is 28.2. The van der Waals surface area contributed by atoms with Gasteiger partial charge in [-0.25, -0.2) is 15.0 Å². The van der Waals surface area contributed by atoms with Gasteiger partial charge in [0.2, 0.25) is 0 Å². The fourth-order valence-electron chi connectivity index (χ4n) is 6.86. The molecule has 0 aliphatic carbocycles. The van der Waals surface area contributed by atoms with E-state index in [4.69, 9.17) is 23.8 Å². The lowest BCUT2D eigenvalue weighted by atomic mass is 9.97. The molecule has 10 aromatic rings. The summed E-state index contributed by atoms with van der Waals surface area (Å²) in [7, 11) is 0. The summed E-state index contributed by atoms with van der Waals surface area (Å²) in [6, 6.07) is 55.7. The number of benzene rings is 7. The van der Waals surface area contributed by atoms with Crippen molar-refractivity contribution < 1.29 is 8.83 Å². The Kier molecular flexibility index (Phi) is 6.42. The molecule has 0 aliphatic heterocycles. The molecule has 50 heavy (non-hydrogen) atoms. The number of hydrogen-bond donors (Lipinski definition) is 0. The Morgan fingerprint density at radius 2 is 0.780 bits per heavy atom. The van der Waals surface area contributed by atoms with E-state index in [0.29, 0.717) is 17.5 Å². The fourth-order valence-corrected chi connectivity index (χ4v) is 6.86. The molecule has 0 N–H and O–H groups in total. The molecule has 234 valence electrons. The minimum absolute atomic E-state index is 0.583. The van der Waals surface area contributed by atoms with E-state index in [1.165, 1.54) is 0 Å². The molecule has 3 heterocycles. The van der Waals surface area contributed by atoms with Crippen molar-refractivity contribution in [2.24, 2.45) is 0 Å². The third kappa shape index (κ3) is 4.75. The molecule has 0 aliphatic rings.